The van der Waals surface area contributed by atoms with Crippen LogP contribution >= 0.6 is 7.82 Å². The molecular weight excluding hydrogens is 603 g/mol. The van der Waals surface area contributed by atoms with E-state index >= 15 is 0 Å². The second-order valence-corrected chi connectivity index (χ2v) is 12.1. The lowest BCUT2D eigenvalue weighted by Gasteiger charge is -2.18. The number of esters is 2. The van der Waals surface area contributed by atoms with Gasteiger partial charge < -0.3 is 19.3 Å². The standard InChI is InChI=1S/C37H59O8P/c1-3-5-7-9-11-13-15-17-18-20-21-23-25-27-29-31-36(38)43-33-35(34-44-46(40,41)42)45-37(39)32-30-28-26-24-22-19-16-14-12-10-8-6-4-2/h6,8,10-17,19,22,24,26,35H,3-5,7,9,18,20-21,23,25,27-34H2,1-2H3,(H2,40,41,42)/b8-6+,12-10+,13-11+,16-14+,17-15+,22-19+,26-24+. The van der Waals surface area contributed by atoms with Gasteiger partial charge in [-0.15, -0.1) is 0 Å². The van der Waals surface area contributed by atoms with Crippen molar-refractivity contribution >= 4 is 19.8 Å². The Kier molecular flexibility index (Phi) is 30.2. The first-order chi connectivity index (χ1) is 22.3. The van der Waals surface area contributed by atoms with Gasteiger partial charge in [0.05, 0.1) is 6.61 Å². The maximum atomic E-state index is 12.3. The van der Waals surface area contributed by atoms with Gasteiger partial charge >= 0.3 is 19.8 Å². The summed E-state index contributed by atoms with van der Waals surface area (Å²) in [6.45, 7) is 3.40. The molecule has 46 heavy (non-hydrogen) atoms. The number of rotatable bonds is 29. The van der Waals surface area contributed by atoms with E-state index < -0.39 is 32.5 Å². The molecule has 0 fully saturated rings. The monoisotopic (exact) mass is 662 g/mol. The summed E-state index contributed by atoms with van der Waals surface area (Å²) >= 11 is 0. The fraction of sp³-hybridized carbons (Fsp3) is 0.568. The highest BCUT2D eigenvalue weighted by Gasteiger charge is 2.22. The van der Waals surface area contributed by atoms with Crippen molar-refractivity contribution in [2.45, 2.75) is 123 Å². The molecule has 260 valence electrons. The van der Waals surface area contributed by atoms with E-state index in [1.54, 1.807) is 0 Å². The molecule has 0 aliphatic heterocycles. The average molecular weight is 663 g/mol. The van der Waals surface area contributed by atoms with Crippen molar-refractivity contribution in [2.24, 2.45) is 0 Å². The number of unbranched alkanes of at least 4 members (excludes halogenated alkanes) is 10. The maximum absolute atomic E-state index is 12.3. The van der Waals surface area contributed by atoms with Crippen LogP contribution in [0.3, 0.4) is 0 Å². The van der Waals surface area contributed by atoms with Crippen LogP contribution in [0.4, 0.5) is 0 Å². The van der Waals surface area contributed by atoms with Crippen molar-refractivity contribution in [1.29, 1.82) is 0 Å². The highest BCUT2D eigenvalue weighted by Crippen LogP contribution is 2.35. The zero-order valence-corrected chi connectivity index (χ0v) is 29.1. The van der Waals surface area contributed by atoms with Gasteiger partial charge in [0.2, 0.25) is 0 Å². The number of hydrogen-bond acceptors (Lipinski definition) is 6. The Balaban J connectivity index is 4.18. The molecule has 0 aromatic carbocycles. The quantitative estimate of drug-likeness (QED) is 0.0352. The summed E-state index contributed by atoms with van der Waals surface area (Å²) in [4.78, 5) is 42.5. The number of phosphoric ester groups is 1. The van der Waals surface area contributed by atoms with Gasteiger partial charge in [0.25, 0.3) is 0 Å². The molecular formula is C37H59O8P. The number of allylic oxidation sites excluding steroid dienone is 14. The van der Waals surface area contributed by atoms with Crippen molar-refractivity contribution in [1.82, 2.24) is 0 Å². The van der Waals surface area contributed by atoms with E-state index in [0.29, 0.717) is 19.3 Å². The van der Waals surface area contributed by atoms with Crippen molar-refractivity contribution in [3.63, 3.8) is 0 Å². The lowest BCUT2D eigenvalue weighted by molar-refractivity contribution is -0.161. The number of ether oxygens (including phenoxy) is 2. The molecule has 1 atom stereocenters. The molecule has 1 unspecified atom stereocenters. The van der Waals surface area contributed by atoms with E-state index in [0.717, 1.165) is 51.4 Å². The van der Waals surface area contributed by atoms with Gasteiger partial charge in [0.1, 0.15) is 6.61 Å². The molecule has 0 bridgehead atoms. The summed E-state index contributed by atoms with van der Waals surface area (Å²) in [5.74, 6) is -0.997. The van der Waals surface area contributed by atoms with Crippen LogP contribution in [0.25, 0.3) is 0 Å². The van der Waals surface area contributed by atoms with Gasteiger partial charge in [-0.05, 0) is 51.4 Å². The summed E-state index contributed by atoms with van der Waals surface area (Å²) in [5.41, 5.74) is 0. The number of carbonyl (C=O) groups is 2. The van der Waals surface area contributed by atoms with Crippen molar-refractivity contribution < 1.29 is 37.9 Å². The number of hydrogen-bond donors (Lipinski definition) is 2. The van der Waals surface area contributed by atoms with Crippen LogP contribution in [0, 0.1) is 0 Å². The average Bonchev–Trinajstić information content (AvgIpc) is 3.02. The molecule has 9 heteroatoms. The molecule has 2 N–H and O–H groups in total. The summed E-state index contributed by atoms with van der Waals surface area (Å²) in [6, 6.07) is 0. The van der Waals surface area contributed by atoms with Gasteiger partial charge in [0, 0.05) is 12.8 Å². The molecule has 0 aromatic rings. The fourth-order valence-electron chi connectivity index (χ4n) is 4.04. The third-order valence-electron chi connectivity index (χ3n) is 6.55. The van der Waals surface area contributed by atoms with Crippen LogP contribution in [0.2, 0.25) is 0 Å². The van der Waals surface area contributed by atoms with E-state index in [-0.39, 0.29) is 19.4 Å². The van der Waals surface area contributed by atoms with Crippen LogP contribution < -0.4 is 0 Å². The van der Waals surface area contributed by atoms with Crippen molar-refractivity contribution in [3.05, 3.63) is 85.1 Å². The predicted octanol–water partition coefficient (Wildman–Crippen LogP) is 9.73. The van der Waals surface area contributed by atoms with Crippen LogP contribution in [0.5, 0.6) is 0 Å². The van der Waals surface area contributed by atoms with Gasteiger partial charge in [-0.2, -0.15) is 0 Å². The molecule has 0 rings (SSSR count). The van der Waals surface area contributed by atoms with Crippen LogP contribution in [-0.2, 0) is 28.2 Å². The molecule has 0 aromatic heterocycles. The SMILES string of the molecule is CC/C=C/C=C/C=C/C=C/C=C/CCCC(=O)OC(COC(=O)CCCCCCCC/C=C/C=C/CCCCC)COP(=O)(O)O. The Labute approximate surface area is 278 Å². The minimum atomic E-state index is -4.77. The molecule has 0 saturated carbocycles. The Morgan fingerprint density at radius 2 is 1.07 bits per heavy atom. The Bertz CT molecular complexity index is 1020. The van der Waals surface area contributed by atoms with E-state index in [2.05, 4.69) is 48.8 Å². The Morgan fingerprint density at radius 3 is 1.65 bits per heavy atom. The van der Waals surface area contributed by atoms with Crippen molar-refractivity contribution in [2.75, 3.05) is 13.2 Å². The third kappa shape index (κ3) is 34.1. The minimum Gasteiger partial charge on any atom is -0.462 e. The first-order valence-corrected chi connectivity index (χ1v) is 18.5. The second kappa shape index (κ2) is 32.2. The second-order valence-electron chi connectivity index (χ2n) is 10.9. The van der Waals surface area contributed by atoms with Gasteiger partial charge in [-0.1, -0.05) is 137 Å². The van der Waals surface area contributed by atoms with Gasteiger partial charge in [-0.25, -0.2) is 4.57 Å². The minimum absolute atomic E-state index is 0.108. The zero-order valence-electron chi connectivity index (χ0n) is 28.2. The van der Waals surface area contributed by atoms with E-state index in [1.807, 2.05) is 54.7 Å². The van der Waals surface area contributed by atoms with E-state index in [9.17, 15) is 14.2 Å². The topological polar surface area (TPSA) is 119 Å². The first kappa shape index (κ1) is 43.2. The van der Waals surface area contributed by atoms with Crippen LogP contribution in [0.1, 0.15) is 117 Å². The van der Waals surface area contributed by atoms with Gasteiger partial charge in [0.15, 0.2) is 6.10 Å². The zero-order chi connectivity index (χ0) is 34.0. The Morgan fingerprint density at radius 1 is 0.587 bits per heavy atom. The molecule has 0 saturated heterocycles. The van der Waals surface area contributed by atoms with E-state index in [1.165, 1.54) is 19.3 Å². The van der Waals surface area contributed by atoms with Crippen LogP contribution in [0.15, 0.2) is 85.1 Å². The molecule has 0 heterocycles. The number of carbonyl (C=O) groups excluding carboxylic acids is 2. The predicted molar refractivity (Wildman–Crippen MR) is 188 cm³/mol. The van der Waals surface area contributed by atoms with Crippen LogP contribution in [-0.4, -0.2) is 41.0 Å². The molecule has 0 amide bonds. The summed E-state index contributed by atoms with van der Waals surface area (Å²) in [5, 5.41) is 0. The molecule has 0 aliphatic carbocycles. The highest BCUT2D eigenvalue weighted by atomic mass is 31.2. The van der Waals surface area contributed by atoms with Crippen molar-refractivity contribution in [3.8, 4) is 0 Å². The number of phosphoric acid groups is 1. The van der Waals surface area contributed by atoms with E-state index in [4.69, 9.17) is 19.3 Å². The molecule has 8 nitrogen and oxygen atoms in total. The lowest BCUT2D eigenvalue weighted by atomic mass is 10.1. The normalized spacial score (nSPS) is 13.6. The largest absolute Gasteiger partial charge is 0.469 e. The third-order valence-corrected chi connectivity index (χ3v) is 7.04. The maximum Gasteiger partial charge on any atom is 0.469 e. The summed E-state index contributed by atoms with van der Waals surface area (Å²) < 4.78 is 26.1. The molecule has 0 spiro atoms. The first-order valence-electron chi connectivity index (χ1n) is 17.0. The molecule has 0 radical (unpaired) electrons. The summed E-state index contributed by atoms with van der Waals surface area (Å²) in [6.07, 6.45) is 41.7. The molecule has 0 aliphatic rings. The fourth-order valence-corrected chi connectivity index (χ4v) is 4.40. The highest BCUT2D eigenvalue weighted by molar-refractivity contribution is 7.46. The smallest absolute Gasteiger partial charge is 0.462 e. The summed E-state index contributed by atoms with van der Waals surface area (Å²) in [7, 11) is -4.77. The Hall–Kier alpha value is -2.77. The lowest BCUT2D eigenvalue weighted by Crippen LogP contribution is -2.29. The van der Waals surface area contributed by atoms with Gasteiger partial charge in [-0.3, -0.25) is 14.1 Å².